The number of nitrogens with two attached hydrogens (primary N) is 1. The van der Waals surface area contributed by atoms with Gasteiger partial charge in [0, 0.05) is 11.4 Å². The zero-order chi connectivity index (χ0) is 12.2. The minimum atomic E-state index is 0.0381. The number of nitrogen functional groups attached to an aromatic ring is 1. The second kappa shape index (κ2) is 3.13. The second-order valence-electron chi connectivity index (χ2n) is 5.54. The highest BCUT2D eigenvalue weighted by Gasteiger charge is 2.48. The number of fused-ring (bicyclic) bond motifs is 1. The molecule has 1 heterocycles. The van der Waals surface area contributed by atoms with E-state index in [2.05, 4.69) is 13.8 Å². The molecule has 2 N–H and O–H groups in total. The van der Waals surface area contributed by atoms with E-state index in [0.717, 1.165) is 17.2 Å². The zero-order valence-corrected chi connectivity index (χ0v) is 10.1. The van der Waals surface area contributed by atoms with Crippen molar-refractivity contribution in [2.24, 2.45) is 5.41 Å². The lowest BCUT2D eigenvalue weighted by molar-refractivity contribution is 0.537. The van der Waals surface area contributed by atoms with E-state index >= 15 is 0 Å². The fourth-order valence-corrected chi connectivity index (χ4v) is 2.50. The number of anilines is 1. The molecule has 0 radical (unpaired) electrons. The van der Waals surface area contributed by atoms with E-state index in [9.17, 15) is 4.79 Å². The van der Waals surface area contributed by atoms with Crippen molar-refractivity contribution in [2.45, 2.75) is 26.3 Å². The maximum atomic E-state index is 12.4. The molecule has 0 amide bonds. The molecule has 0 spiro atoms. The summed E-state index contributed by atoms with van der Waals surface area (Å²) < 4.78 is 1.75. The van der Waals surface area contributed by atoms with Crippen molar-refractivity contribution in [1.82, 2.24) is 4.57 Å². The summed E-state index contributed by atoms with van der Waals surface area (Å²) in [7, 11) is 0. The molecule has 3 rings (SSSR count). The van der Waals surface area contributed by atoms with Crippen LogP contribution < -0.4 is 11.3 Å². The molecule has 1 fully saturated rings. The first-order valence-electron chi connectivity index (χ1n) is 5.90. The Bertz CT molecular complexity index is 655. The second-order valence-corrected chi connectivity index (χ2v) is 5.54. The number of pyridine rings is 1. The minimum Gasteiger partial charge on any atom is -0.385 e. The highest BCUT2D eigenvalue weighted by atomic mass is 16.1. The SMILES string of the molecule is CC1(C)CC1n1c(N)cc2ccccc2c1=O. The summed E-state index contributed by atoms with van der Waals surface area (Å²) in [4.78, 5) is 12.4. The van der Waals surface area contributed by atoms with Crippen LogP contribution in [0.5, 0.6) is 0 Å². The van der Waals surface area contributed by atoms with Crippen LogP contribution >= 0.6 is 0 Å². The number of benzene rings is 1. The average Bonchev–Trinajstić information content (AvgIpc) is 2.87. The van der Waals surface area contributed by atoms with E-state index in [4.69, 9.17) is 5.73 Å². The molecule has 1 aromatic carbocycles. The molecule has 1 aliphatic carbocycles. The van der Waals surface area contributed by atoms with Crippen LogP contribution in [0.3, 0.4) is 0 Å². The first kappa shape index (κ1) is 10.4. The number of aromatic nitrogens is 1. The molecule has 1 atom stereocenters. The summed E-state index contributed by atoms with van der Waals surface area (Å²) in [6.07, 6.45) is 1.02. The maximum Gasteiger partial charge on any atom is 0.260 e. The number of hydrogen-bond acceptors (Lipinski definition) is 2. The third kappa shape index (κ3) is 1.46. The fraction of sp³-hybridized carbons (Fsp3) is 0.357. The van der Waals surface area contributed by atoms with Crippen LogP contribution in [0, 0.1) is 5.41 Å². The Morgan fingerprint density at radius 2 is 2.00 bits per heavy atom. The van der Waals surface area contributed by atoms with Gasteiger partial charge < -0.3 is 5.73 Å². The molecule has 88 valence electrons. The van der Waals surface area contributed by atoms with Crippen molar-refractivity contribution < 1.29 is 0 Å². The van der Waals surface area contributed by atoms with Gasteiger partial charge in [-0.1, -0.05) is 32.0 Å². The van der Waals surface area contributed by atoms with Gasteiger partial charge in [0.05, 0.1) is 0 Å². The van der Waals surface area contributed by atoms with Gasteiger partial charge in [0.1, 0.15) is 5.82 Å². The van der Waals surface area contributed by atoms with Gasteiger partial charge >= 0.3 is 0 Å². The Kier molecular flexibility index (Phi) is 1.91. The van der Waals surface area contributed by atoms with Crippen molar-refractivity contribution in [2.75, 3.05) is 5.73 Å². The van der Waals surface area contributed by atoms with Crippen LogP contribution in [-0.4, -0.2) is 4.57 Å². The monoisotopic (exact) mass is 228 g/mol. The number of hydrogen-bond donors (Lipinski definition) is 1. The Balaban J connectivity index is 2.30. The predicted octanol–water partition coefficient (Wildman–Crippen LogP) is 2.55. The normalized spacial score (nSPS) is 21.6. The van der Waals surface area contributed by atoms with Gasteiger partial charge in [-0.3, -0.25) is 9.36 Å². The Hall–Kier alpha value is -1.77. The molecule has 1 aliphatic rings. The van der Waals surface area contributed by atoms with Crippen molar-refractivity contribution in [3.05, 3.63) is 40.7 Å². The Morgan fingerprint density at radius 3 is 2.65 bits per heavy atom. The van der Waals surface area contributed by atoms with Crippen molar-refractivity contribution >= 4 is 16.6 Å². The molecule has 0 aliphatic heterocycles. The van der Waals surface area contributed by atoms with E-state index in [1.165, 1.54) is 0 Å². The average molecular weight is 228 g/mol. The highest BCUT2D eigenvalue weighted by Crippen LogP contribution is 2.55. The summed E-state index contributed by atoms with van der Waals surface area (Å²) in [5.74, 6) is 0.573. The largest absolute Gasteiger partial charge is 0.385 e. The maximum absolute atomic E-state index is 12.4. The summed E-state index contributed by atoms with van der Waals surface area (Å²) in [5.41, 5.74) is 6.25. The molecule has 0 saturated heterocycles. The number of nitrogens with zero attached hydrogens (tertiary/aromatic N) is 1. The van der Waals surface area contributed by atoms with E-state index < -0.39 is 0 Å². The smallest absolute Gasteiger partial charge is 0.260 e. The van der Waals surface area contributed by atoms with E-state index in [1.807, 2.05) is 30.3 Å². The van der Waals surface area contributed by atoms with Crippen LogP contribution in [-0.2, 0) is 0 Å². The van der Waals surface area contributed by atoms with Gasteiger partial charge in [-0.15, -0.1) is 0 Å². The molecular weight excluding hydrogens is 212 g/mol. The van der Waals surface area contributed by atoms with Gasteiger partial charge in [-0.25, -0.2) is 0 Å². The molecule has 1 aromatic heterocycles. The Morgan fingerprint density at radius 1 is 1.35 bits per heavy atom. The Labute approximate surface area is 99.9 Å². The topological polar surface area (TPSA) is 48.0 Å². The van der Waals surface area contributed by atoms with Gasteiger partial charge in [0.2, 0.25) is 0 Å². The summed E-state index contributed by atoms with van der Waals surface area (Å²) in [6, 6.07) is 9.75. The van der Waals surface area contributed by atoms with Crippen LogP contribution in [0.4, 0.5) is 5.82 Å². The van der Waals surface area contributed by atoms with Crippen LogP contribution in [0.15, 0.2) is 35.1 Å². The van der Waals surface area contributed by atoms with E-state index in [1.54, 1.807) is 4.57 Å². The van der Waals surface area contributed by atoms with Crippen molar-refractivity contribution in [1.29, 1.82) is 0 Å². The first-order chi connectivity index (χ1) is 8.00. The summed E-state index contributed by atoms with van der Waals surface area (Å²) >= 11 is 0. The molecule has 3 nitrogen and oxygen atoms in total. The standard InChI is InChI=1S/C14H16N2O/c1-14(2)8-11(14)16-12(15)7-9-5-3-4-6-10(9)13(16)17/h3-7,11H,8,15H2,1-2H3. The molecule has 3 heteroatoms. The lowest BCUT2D eigenvalue weighted by atomic mass is 10.1. The lowest BCUT2D eigenvalue weighted by Crippen LogP contribution is -2.23. The van der Waals surface area contributed by atoms with E-state index in [0.29, 0.717) is 5.82 Å². The fourth-order valence-electron chi connectivity index (χ4n) is 2.50. The third-order valence-corrected chi connectivity index (χ3v) is 3.76. The molecule has 2 aromatic rings. The van der Waals surface area contributed by atoms with Gasteiger partial charge in [-0.2, -0.15) is 0 Å². The van der Waals surface area contributed by atoms with Crippen LogP contribution in [0.1, 0.15) is 26.3 Å². The third-order valence-electron chi connectivity index (χ3n) is 3.76. The zero-order valence-electron chi connectivity index (χ0n) is 10.1. The molecule has 1 unspecified atom stereocenters. The van der Waals surface area contributed by atoms with Gasteiger partial charge in [0.15, 0.2) is 0 Å². The summed E-state index contributed by atoms with van der Waals surface area (Å²) in [5, 5.41) is 1.68. The molecule has 0 bridgehead atoms. The first-order valence-corrected chi connectivity index (χ1v) is 5.90. The van der Waals surface area contributed by atoms with E-state index in [-0.39, 0.29) is 17.0 Å². The van der Waals surface area contributed by atoms with Gasteiger partial charge in [-0.05, 0) is 29.4 Å². The summed E-state index contributed by atoms with van der Waals surface area (Å²) in [6.45, 7) is 4.33. The molecular formula is C14H16N2O. The van der Waals surface area contributed by atoms with Gasteiger partial charge in [0.25, 0.3) is 5.56 Å². The number of rotatable bonds is 1. The van der Waals surface area contributed by atoms with Crippen LogP contribution in [0.2, 0.25) is 0 Å². The predicted molar refractivity (Wildman–Crippen MR) is 70.1 cm³/mol. The quantitative estimate of drug-likeness (QED) is 0.815. The van der Waals surface area contributed by atoms with Crippen molar-refractivity contribution in [3.63, 3.8) is 0 Å². The lowest BCUT2D eigenvalue weighted by Gasteiger charge is -2.12. The minimum absolute atomic E-state index is 0.0381. The molecule has 1 saturated carbocycles. The molecule has 17 heavy (non-hydrogen) atoms. The van der Waals surface area contributed by atoms with Crippen molar-refractivity contribution in [3.8, 4) is 0 Å². The highest BCUT2D eigenvalue weighted by molar-refractivity contribution is 5.83. The van der Waals surface area contributed by atoms with Crippen LogP contribution in [0.25, 0.3) is 10.8 Å².